The van der Waals surface area contributed by atoms with Gasteiger partial charge in [0.05, 0.1) is 4.90 Å². The second-order valence-electron chi connectivity index (χ2n) is 4.70. The fourth-order valence-corrected chi connectivity index (χ4v) is 3.20. The summed E-state index contributed by atoms with van der Waals surface area (Å²) < 4.78 is 40.0. The first-order chi connectivity index (χ1) is 8.86. The predicted octanol–water partition coefficient (Wildman–Crippen LogP) is 2.01. The lowest BCUT2D eigenvalue weighted by atomic mass is 10.2. The molecule has 0 radical (unpaired) electrons. The second-order valence-corrected chi connectivity index (χ2v) is 6.39. The standard InChI is InChI=1S/C13H21FN2O2S/c1-4-7-15-9-11-5-6-12(14)8-13(11)19(17,18)16-10(2)3/h5-6,8,10,15-16H,4,7,9H2,1-3H3. The molecule has 0 saturated heterocycles. The molecule has 0 heterocycles. The molecular formula is C13H21FN2O2S. The van der Waals surface area contributed by atoms with E-state index in [-0.39, 0.29) is 10.9 Å². The molecule has 0 atom stereocenters. The van der Waals surface area contributed by atoms with Crippen LogP contribution in [-0.2, 0) is 16.6 Å². The van der Waals surface area contributed by atoms with Gasteiger partial charge >= 0.3 is 0 Å². The lowest BCUT2D eigenvalue weighted by molar-refractivity contribution is 0.562. The molecule has 19 heavy (non-hydrogen) atoms. The van der Waals surface area contributed by atoms with Gasteiger partial charge in [-0.2, -0.15) is 0 Å². The monoisotopic (exact) mass is 288 g/mol. The Morgan fingerprint density at radius 1 is 1.32 bits per heavy atom. The topological polar surface area (TPSA) is 58.2 Å². The molecule has 2 N–H and O–H groups in total. The van der Waals surface area contributed by atoms with E-state index >= 15 is 0 Å². The van der Waals surface area contributed by atoms with E-state index in [1.165, 1.54) is 12.1 Å². The molecule has 4 nitrogen and oxygen atoms in total. The van der Waals surface area contributed by atoms with Gasteiger partial charge in [0.2, 0.25) is 10.0 Å². The summed E-state index contributed by atoms with van der Waals surface area (Å²) in [4.78, 5) is 0.00445. The molecule has 0 fully saturated rings. The third-order valence-corrected chi connectivity index (χ3v) is 4.19. The van der Waals surface area contributed by atoms with Gasteiger partial charge in [-0.25, -0.2) is 17.5 Å². The average Bonchev–Trinajstić information content (AvgIpc) is 2.29. The average molecular weight is 288 g/mol. The largest absolute Gasteiger partial charge is 0.313 e. The third-order valence-electron chi connectivity index (χ3n) is 2.45. The maximum absolute atomic E-state index is 13.3. The Labute approximate surface area is 114 Å². The van der Waals surface area contributed by atoms with Crippen molar-refractivity contribution < 1.29 is 12.8 Å². The smallest absolute Gasteiger partial charge is 0.241 e. The highest BCUT2D eigenvalue weighted by Crippen LogP contribution is 2.17. The first kappa shape index (κ1) is 16.1. The van der Waals surface area contributed by atoms with Gasteiger partial charge in [0.25, 0.3) is 0 Å². The quantitative estimate of drug-likeness (QED) is 0.755. The fraction of sp³-hybridized carbons (Fsp3) is 0.538. The molecule has 0 spiro atoms. The van der Waals surface area contributed by atoms with Crippen LogP contribution in [0.4, 0.5) is 4.39 Å². The Kier molecular flexibility index (Phi) is 5.90. The number of halogens is 1. The molecule has 6 heteroatoms. The Morgan fingerprint density at radius 2 is 2.00 bits per heavy atom. The first-order valence-electron chi connectivity index (χ1n) is 6.38. The van der Waals surface area contributed by atoms with Crippen LogP contribution in [0.2, 0.25) is 0 Å². The number of benzene rings is 1. The molecule has 0 bridgehead atoms. The number of hydrogen-bond donors (Lipinski definition) is 2. The number of hydrogen-bond acceptors (Lipinski definition) is 3. The first-order valence-corrected chi connectivity index (χ1v) is 7.86. The summed E-state index contributed by atoms with van der Waals surface area (Å²) in [5.41, 5.74) is 0.572. The lowest BCUT2D eigenvalue weighted by Crippen LogP contribution is -2.31. The van der Waals surface area contributed by atoms with Crippen LogP contribution in [0.3, 0.4) is 0 Å². The van der Waals surface area contributed by atoms with Crippen LogP contribution in [0.15, 0.2) is 23.1 Å². The van der Waals surface area contributed by atoms with Crippen molar-refractivity contribution in [1.29, 1.82) is 0 Å². The Bertz CT molecular complexity index is 515. The van der Waals surface area contributed by atoms with Crippen LogP contribution in [0.5, 0.6) is 0 Å². The van der Waals surface area contributed by atoms with E-state index in [9.17, 15) is 12.8 Å². The van der Waals surface area contributed by atoms with Gasteiger partial charge in [-0.05, 0) is 44.5 Å². The van der Waals surface area contributed by atoms with Gasteiger partial charge in [-0.15, -0.1) is 0 Å². The molecule has 0 amide bonds. The van der Waals surface area contributed by atoms with Crippen LogP contribution in [0.1, 0.15) is 32.8 Å². The highest BCUT2D eigenvalue weighted by Gasteiger charge is 2.20. The van der Waals surface area contributed by atoms with Gasteiger partial charge < -0.3 is 5.32 Å². The second kappa shape index (κ2) is 6.98. The van der Waals surface area contributed by atoms with Crippen molar-refractivity contribution in [3.8, 4) is 0 Å². The number of sulfonamides is 1. The van der Waals surface area contributed by atoms with Crippen molar-refractivity contribution in [2.75, 3.05) is 6.54 Å². The normalized spacial score (nSPS) is 12.1. The van der Waals surface area contributed by atoms with Crippen LogP contribution in [-0.4, -0.2) is 21.0 Å². The van der Waals surface area contributed by atoms with Crippen molar-refractivity contribution in [1.82, 2.24) is 10.0 Å². The van der Waals surface area contributed by atoms with Gasteiger partial charge in [0.1, 0.15) is 5.82 Å². The summed E-state index contributed by atoms with van der Waals surface area (Å²) in [6.07, 6.45) is 0.952. The molecule has 1 aromatic carbocycles. The van der Waals surface area contributed by atoms with E-state index in [2.05, 4.69) is 10.0 Å². The zero-order chi connectivity index (χ0) is 14.5. The summed E-state index contributed by atoms with van der Waals surface area (Å²) in [6, 6.07) is 3.61. The Morgan fingerprint density at radius 3 is 2.58 bits per heavy atom. The molecule has 0 aliphatic rings. The van der Waals surface area contributed by atoms with E-state index in [4.69, 9.17) is 0 Å². The van der Waals surface area contributed by atoms with E-state index < -0.39 is 15.8 Å². The molecular weight excluding hydrogens is 267 g/mol. The predicted molar refractivity (Wildman–Crippen MR) is 73.9 cm³/mol. The molecule has 0 aromatic heterocycles. The SMILES string of the molecule is CCCNCc1ccc(F)cc1S(=O)(=O)NC(C)C. The number of nitrogens with one attached hydrogen (secondary N) is 2. The maximum atomic E-state index is 13.3. The minimum absolute atomic E-state index is 0.00445. The van der Waals surface area contributed by atoms with Crippen LogP contribution in [0.25, 0.3) is 0 Å². The zero-order valence-electron chi connectivity index (χ0n) is 11.5. The van der Waals surface area contributed by atoms with E-state index in [0.29, 0.717) is 12.1 Å². The van der Waals surface area contributed by atoms with Gasteiger partial charge in [-0.3, -0.25) is 0 Å². The van der Waals surface area contributed by atoms with Crippen LogP contribution in [0, 0.1) is 5.82 Å². The van der Waals surface area contributed by atoms with Crippen molar-refractivity contribution in [3.05, 3.63) is 29.6 Å². The highest BCUT2D eigenvalue weighted by molar-refractivity contribution is 7.89. The molecule has 108 valence electrons. The summed E-state index contributed by atoms with van der Waals surface area (Å²) in [5.74, 6) is -0.552. The van der Waals surface area contributed by atoms with Gasteiger partial charge in [0, 0.05) is 12.6 Å². The Hall–Kier alpha value is -0.980. The number of rotatable bonds is 7. The van der Waals surface area contributed by atoms with Crippen molar-refractivity contribution >= 4 is 10.0 Å². The van der Waals surface area contributed by atoms with E-state index in [1.54, 1.807) is 13.8 Å². The highest BCUT2D eigenvalue weighted by atomic mass is 32.2. The van der Waals surface area contributed by atoms with Gasteiger partial charge in [-0.1, -0.05) is 13.0 Å². The minimum Gasteiger partial charge on any atom is -0.313 e. The maximum Gasteiger partial charge on any atom is 0.241 e. The molecule has 0 aliphatic heterocycles. The van der Waals surface area contributed by atoms with Crippen LogP contribution < -0.4 is 10.0 Å². The van der Waals surface area contributed by atoms with Crippen molar-refractivity contribution in [2.45, 2.75) is 44.7 Å². The molecule has 0 unspecified atom stereocenters. The zero-order valence-corrected chi connectivity index (χ0v) is 12.3. The van der Waals surface area contributed by atoms with Gasteiger partial charge in [0.15, 0.2) is 0 Å². The van der Waals surface area contributed by atoms with Crippen molar-refractivity contribution in [3.63, 3.8) is 0 Å². The van der Waals surface area contributed by atoms with E-state index in [1.807, 2.05) is 6.92 Å². The molecule has 1 rings (SSSR count). The van der Waals surface area contributed by atoms with Crippen molar-refractivity contribution in [2.24, 2.45) is 0 Å². The summed E-state index contributed by atoms with van der Waals surface area (Å²) in [6.45, 7) is 6.67. The van der Waals surface area contributed by atoms with E-state index in [0.717, 1.165) is 19.0 Å². The Balaban J connectivity index is 3.06. The summed E-state index contributed by atoms with van der Waals surface area (Å²) in [7, 11) is -3.68. The third kappa shape index (κ3) is 4.89. The molecule has 1 aromatic rings. The molecule has 0 saturated carbocycles. The summed E-state index contributed by atoms with van der Waals surface area (Å²) in [5, 5.41) is 3.12. The van der Waals surface area contributed by atoms with Crippen LogP contribution >= 0.6 is 0 Å². The molecule has 0 aliphatic carbocycles. The minimum atomic E-state index is -3.68. The lowest BCUT2D eigenvalue weighted by Gasteiger charge is -2.14. The summed E-state index contributed by atoms with van der Waals surface area (Å²) >= 11 is 0. The fourth-order valence-electron chi connectivity index (χ4n) is 1.70.